The van der Waals surface area contributed by atoms with Gasteiger partial charge in [-0.2, -0.15) is 0 Å². The molecule has 1 rings (SSSR count). The third-order valence-electron chi connectivity index (χ3n) is 5.50. The second-order valence-electron chi connectivity index (χ2n) is 9.73. The highest BCUT2D eigenvalue weighted by Gasteiger charge is 2.41. The van der Waals surface area contributed by atoms with Crippen molar-refractivity contribution in [1.82, 2.24) is 4.90 Å². The topological polar surface area (TPSA) is 63.7 Å². The maximum Gasteiger partial charge on any atom is 0.329 e. The number of likely N-dealkylation sites (tertiary alicyclic amines) is 1. The predicted octanol–water partition coefficient (Wildman–Crippen LogP) is 6.66. The number of hydrogen-bond acceptors (Lipinski definition) is 4. The second-order valence-corrected chi connectivity index (χ2v) is 9.73. The van der Waals surface area contributed by atoms with Gasteiger partial charge in [0.1, 0.15) is 11.6 Å². The van der Waals surface area contributed by atoms with Gasteiger partial charge in [0, 0.05) is 12.8 Å². The summed E-state index contributed by atoms with van der Waals surface area (Å²) in [6.07, 6.45) is 22.3. The van der Waals surface area contributed by atoms with E-state index in [1.165, 1.54) is 25.7 Å². The molecule has 1 unspecified atom stereocenters. The number of nitrogens with zero attached hydrogens (tertiary/aromatic N) is 1. The monoisotopic (exact) mass is 447 g/mol. The molecule has 0 aromatic rings. The van der Waals surface area contributed by atoms with E-state index in [2.05, 4.69) is 31.2 Å². The molecular formula is C27H45NO4. The average molecular weight is 448 g/mol. The van der Waals surface area contributed by atoms with E-state index in [9.17, 15) is 14.4 Å². The van der Waals surface area contributed by atoms with E-state index in [-0.39, 0.29) is 18.2 Å². The maximum absolute atomic E-state index is 12.6. The van der Waals surface area contributed by atoms with Gasteiger partial charge in [0.05, 0.1) is 0 Å². The number of amides is 2. The lowest BCUT2D eigenvalue weighted by Crippen LogP contribution is -2.45. The summed E-state index contributed by atoms with van der Waals surface area (Å²) in [4.78, 5) is 38.2. The number of carbonyl (C=O) groups is 3. The minimum Gasteiger partial charge on any atom is -0.458 e. The largest absolute Gasteiger partial charge is 0.458 e. The van der Waals surface area contributed by atoms with Gasteiger partial charge in [0.2, 0.25) is 11.8 Å². The number of rotatable bonds is 15. The van der Waals surface area contributed by atoms with Crippen LogP contribution in [0.5, 0.6) is 0 Å². The van der Waals surface area contributed by atoms with E-state index < -0.39 is 17.6 Å². The van der Waals surface area contributed by atoms with Crippen molar-refractivity contribution in [2.45, 2.75) is 129 Å². The molecule has 0 aliphatic carbocycles. The first-order chi connectivity index (χ1) is 15.3. The smallest absolute Gasteiger partial charge is 0.329 e. The molecule has 1 aliphatic heterocycles. The van der Waals surface area contributed by atoms with Crippen molar-refractivity contribution < 1.29 is 19.1 Å². The van der Waals surface area contributed by atoms with Crippen molar-refractivity contribution >= 4 is 17.8 Å². The summed E-state index contributed by atoms with van der Waals surface area (Å²) in [5.74, 6) is -0.973. The van der Waals surface area contributed by atoms with Crippen molar-refractivity contribution in [3.05, 3.63) is 24.3 Å². The van der Waals surface area contributed by atoms with Crippen LogP contribution in [-0.2, 0) is 19.1 Å². The lowest BCUT2D eigenvalue weighted by Gasteiger charge is -2.26. The molecule has 0 radical (unpaired) electrons. The molecule has 5 heteroatoms. The Morgan fingerprint density at radius 1 is 0.938 bits per heavy atom. The number of esters is 1. The van der Waals surface area contributed by atoms with Gasteiger partial charge < -0.3 is 4.74 Å². The van der Waals surface area contributed by atoms with Crippen molar-refractivity contribution in [3.63, 3.8) is 0 Å². The van der Waals surface area contributed by atoms with Crippen molar-refractivity contribution in [2.75, 3.05) is 0 Å². The Morgan fingerprint density at radius 3 is 2.16 bits per heavy atom. The van der Waals surface area contributed by atoms with Gasteiger partial charge in [-0.3, -0.25) is 14.5 Å². The highest BCUT2D eigenvalue weighted by molar-refractivity contribution is 6.01. The zero-order valence-electron chi connectivity index (χ0n) is 20.9. The Labute approximate surface area is 195 Å². The van der Waals surface area contributed by atoms with Gasteiger partial charge in [-0.15, -0.1) is 0 Å². The molecule has 0 saturated carbocycles. The van der Waals surface area contributed by atoms with E-state index in [1.807, 2.05) is 0 Å². The first kappa shape index (κ1) is 28.1. The average Bonchev–Trinajstić information content (AvgIpc) is 3.11. The van der Waals surface area contributed by atoms with E-state index in [0.29, 0.717) is 12.8 Å². The quantitative estimate of drug-likeness (QED) is 0.160. The summed E-state index contributed by atoms with van der Waals surface area (Å²) < 4.78 is 5.39. The van der Waals surface area contributed by atoms with E-state index in [4.69, 9.17) is 4.74 Å². The standard InChI is InChI=1S/C27H45NO4/c1-5-6-7-8-9-10-11-12-13-14-15-16-17-18-19-20-24(29)28-23(21-22-25(28)30)26(31)32-27(2,3)4/h9-10,12-13,23H,5-8,11,14-22H2,1-4H3/b10-9+,13-12+. The molecule has 182 valence electrons. The molecule has 1 aliphatic rings. The zero-order valence-corrected chi connectivity index (χ0v) is 20.9. The number of ether oxygens (including phenoxy) is 1. The Kier molecular flexibility index (Phi) is 13.9. The Morgan fingerprint density at radius 2 is 1.53 bits per heavy atom. The fraction of sp³-hybridized carbons (Fsp3) is 0.741. The van der Waals surface area contributed by atoms with Crippen LogP contribution in [0.4, 0.5) is 0 Å². The first-order valence-electron chi connectivity index (χ1n) is 12.6. The van der Waals surface area contributed by atoms with Gasteiger partial charge >= 0.3 is 5.97 Å². The number of allylic oxidation sites excluding steroid dienone is 4. The van der Waals surface area contributed by atoms with Crippen LogP contribution in [0.1, 0.15) is 118 Å². The third-order valence-corrected chi connectivity index (χ3v) is 5.50. The predicted molar refractivity (Wildman–Crippen MR) is 130 cm³/mol. The van der Waals surface area contributed by atoms with Gasteiger partial charge in [0.15, 0.2) is 0 Å². The van der Waals surface area contributed by atoms with Crippen LogP contribution in [0, 0.1) is 0 Å². The minimum absolute atomic E-state index is 0.234. The van der Waals surface area contributed by atoms with Crippen LogP contribution < -0.4 is 0 Å². The fourth-order valence-corrected chi connectivity index (χ4v) is 3.80. The molecule has 32 heavy (non-hydrogen) atoms. The zero-order chi connectivity index (χ0) is 23.8. The molecule has 2 amide bonds. The highest BCUT2D eigenvalue weighted by atomic mass is 16.6. The van der Waals surface area contributed by atoms with E-state index in [0.717, 1.165) is 49.8 Å². The van der Waals surface area contributed by atoms with Crippen LogP contribution in [0.2, 0.25) is 0 Å². The van der Waals surface area contributed by atoms with E-state index in [1.54, 1.807) is 20.8 Å². The first-order valence-corrected chi connectivity index (χ1v) is 12.6. The molecular weight excluding hydrogens is 402 g/mol. The Hall–Kier alpha value is -1.91. The van der Waals surface area contributed by atoms with Gasteiger partial charge in [0.25, 0.3) is 0 Å². The summed E-state index contributed by atoms with van der Waals surface area (Å²) in [5.41, 5.74) is -0.627. The summed E-state index contributed by atoms with van der Waals surface area (Å²) in [6, 6.07) is -0.757. The third kappa shape index (κ3) is 12.2. The molecule has 0 bridgehead atoms. The SMILES string of the molecule is CCCCC/C=C/C/C=C/CCCCCCCC(=O)N1C(=O)CCC1C(=O)OC(C)(C)C. The summed E-state index contributed by atoms with van der Waals surface area (Å²) in [7, 11) is 0. The van der Waals surface area contributed by atoms with Crippen molar-refractivity contribution in [3.8, 4) is 0 Å². The molecule has 1 saturated heterocycles. The molecule has 5 nitrogen and oxygen atoms in total. The molecule has 0 spiro atoms. The maximum atomic E-state index is 12.6. The summed E-state index contributed by atoms with van der Waals surface area (Å²) >= 11 is 0. The molecule has 1 heterocycles. The molecule has 1 atom stereocenters. The fourth-order valence-electron chi connectivity index (χ4n) is 3.80. The second kappa shape index (κ2) is 15.8. The molecule has 0 aromatic carbocycles. The van der Waals surface area contributed by atoms with Gasteiger partial charge in [-0.05, 0) is 65.7 Å². The Balaban J connectivity index is 2.14. The van der Waals surface area contributed by atoms with Gasteiger partial charge in [-0.1, -0.05) is 63.3 Å². The normalized spacial score (nSPS) is 17.1. The van der Waals surface area contributed by atoms with Crippen molar-refractivity contribution in [2.24, 2.45) is 0 Å². The van der Waals surface area contributed by atoms with Crippen LogP contribution in [0.3, 0.4) is 0 Å². The molecule has 1 fully saturated rings. The van der Waals surface area contributed by atoms with Crippen LogP contribution in [0.25, 0.3) is 0 Å². The van der Waals surface area contributed by atoms with E-state index >= 15 is 0 Å². The highest BCUT2D eigenvalue weighted by Crippen LogP contribution is 2.24. The Bertz CT molecular complexity index is 630. The van der Waals surface area contributed by atoms with Gasteiger partial charge in [-0.25, -0.2) is 4.79 Å². The number of imide groups is 1. The minimum atomic E-state index is -0.757. The summed E-state index contributed by atoms with van der Waals surface area (Å²) in [5, 5.41) is 0. The summed E-state index contributed by atoms with van der Waals surface area (Å²) in [6.45, 7) is 7.59. The number of unbranched alkanes of at least 4 members (excludes halogenated alkanes) is 8. The van der Waals surface area contributed by atoms with Crippen LogP contribution >= 0.6 is 0 Å². The number of carbonyl (C=O) groups excluding carboxylic acids is 3. The van der Waals surface area contributed by atoms with Crippen LogP contribution in [0.15, 0.2) is 24.3 Å². The molecule has 0 aromatic heterocycles. The lowest BCUT2D eigenvalue weighted by molar-refractivity contribution is -0.165. The number of hydrogen-bond donors (Lipinski definition) is 0. The molecule has 0 N–H and O–H groups in total. The van der Waals surface area contributed by atoms with Crippen LogP contribution in [-0.4, -0.2) is 34.3 Å². The van der Waals surface area contributed by atoms with Crippen molar-refractivity contribution in [1.29, 1.82) is 0 Å². The lowest BCUT2D eigenvalue weighted by atomic mass is 10.1.